The second kappa shape index (κ2) is 10.1. The Balaban J connectivity index is 1.56. The Bertz CT molecular complexity index is 1460. The average Bonchev–Trinajstić information content (AvgIpc) is 3.25. The number of carbonyl (C=O) groups is 1. The molecule has 1 unspecified atom stereocenters. The number of hydrogen-bond acceptors (Lipinski definition) is 6. The average molecular weight is 494 g/mol. The Morgan fingerprint density at radius 3 is 2.43 bits per heavy atom. The van der Waals surface area contributed by atoms with E-state index in [-0.39, 0.29) is 23.6 Å². The molecule has 0 saturated heterocycles. The number of rotatable bonds is 9. The monoisotopic (exact) mass is 493 g/mol. The summed E-state index contributed by atoms with van der Waals surface area (Å²) in [7, 11) is -4.01. The molecule has 4 aromatic rings. The van der Waals surface area contributed by atoms with E-state index in [1.54, 1.807) is 18.3 Å². The quantitative estimate of drug-likeness (QED) is 0.206. The number of aryl methyl sites for hydroxylation is 1. The Morgan fingerprint density at radius 1 is 1.06 bits per heavy atom. The van der Waals surface area contributed by atoms with E-state index in [1.807, 2.05) is 31.2 Å². The molecule has 0 radical (unpaired) electrons. The third-order valence-corrected chi connectivity index (χ3v) is 7.03. The molecular weight excluding hydrogens is 470 g/mol. The highest BCUT2D eigenvalue weighted by atomic mass is 32.2. The smallest absolute Gasteiger partial charge is 0.324 e. The van der Waals surface area contributed by atoms with Crippen LogP contribution in [-0.4, -0.2) is 30.3 Å². The molecule has 35 heavy (non-hydrogen) atoms. The fourth-order valence-electron chi connectivity index (χ4n) is 3.64. The van der Waals surface area contributed by atoms with Gasteiger partial charge in [-0.2, -0.15) is 4.72 Å². The molecule has 0 spiro atoms. The molecule has 2 N–H and O–H groups in total. The van der Waals surface area contributed by atoms with Crippen LogP contribution in [0.15, 0.2) is 83.9 Å². The normalized spacial score (nSPS) is 12.4. The number of H-pyrrole nitrogens is 1. The highest BCUT2D eigenvalue weighted by molar-refractivity contribution is 7.89. The summed E-state index contributed by atoms with van der Waals surface area (Å²) in [6.45, 7) is 1.69. The first kappa shape index (κ1) is 24.1. The first-order valence-electron chi connectivity index (χ1n) is 10.8. The number of hydrogen-bond donors (Lipinski definition) is 2. The van der Waals surface area contributed by atoms with Crippen LogP contribution in [0.2, 0.25) is 0 Å². The van der Waals surface area contributed by atoms with Crippen LogP contribution in [-0.2, 0) is 32.6 Å². The van der Waals surface area contributed by atoms with Crippen molar-refractivity contribution in [2.75, 3.05) is 0 Å². The van der Waals surface area contributed by atoms with E-state index >= 15 is 0 Å². The number of aromatic amines is 1. The number of esters is 1. The lowest BCUT2D eigenvalue weighted by molar-refractivity contribution is -0.384. The largest absolute Gasteiger partial charge is 0.460 e. The minimum atomic E-state index is -4.01. The Hall–Kier alpha value is -4.02. The highest BCUT2D eigenvalue weighted by Crippen LogP contribution is 2.21. The predicted octanol–water partition coefficient (Wildman–Crippen LogP) is 4.02. The summed E-state index contributed by atoms with van der Waals surface area (Å²) < 4.78 is 34.0. The van der Waals surface area contributed by atoms with Crippen molar-refractivity contribution in [1.82, 2.24) is 9.71 Å². The van der Waals surface area contributed by atoms with Gasteiger partial charge in [-0.3, -0.25) is 14.9 Å². The number of carbonyl (C=O) groups excluding carboxylic acids is 1. The number of non-ortho nitro benzene ring substituents is 1. The predicted molar refractivity (Wildman–Crippen MR) is 130 cm³/mol. The lowest BCUT2D eigenvalue weighted by Crippen LogP contribution is -2.43. The Morgan fingerprint density at radius 2 is 1.74 bits per heavy atom. The maximum Gasteiger partial charge on any atom is 0.324 e. The maximum atomic E-state index is 13.0. The van der Waals surface area contributed by atoms with Crippen molar-refractivity contribution in [3.63, 3.8) is 0 Å². The first-order valence-corrected chi connectivity index (χ1v) is 12.3. The van der Waals surface area contributed by atoms with Crippen LogP contribution in [0, 0.1) is 17.0 Å². The van der Waals surface area contributed by atoms with Crippen LogP contribution < -0.4 is 4.72 Å². The number of benzene rings is 3. The van der Waals surface area contributed by atoms with Crippen LogP contribution in [0.1, 0.15) is 16.7 Å². The van der Waals surface area contributed by atoms with E-state index in [9.17, 15) is 23.3 Å². The standard InChI is InChI=1S/C25H23N3O6S/c1-17-6-12-21(13-7-17)35(32,33)27-24(14-19-15-26-23-5-3-2-4-22(19)23)25(29)34-16-18-8-10-20(11-9-18)28(30)31/h2-13,15,24,26-27H,14,16H2,1H3. The molecule has 10 heteroatoms. The van der Waals surface area contributed by atoms with E-state index < -0.39 is 27.0 Å². The van der Waals surface area contributed by atoms with Crippen molar-refractivity contribution in [1.29, 1.82) is 0 Å². The molecule has 0 aliphatic heterocycles. The van der Waals surface area contributed by atoms with Gasteiger partial charge in [0, 0.05) is 35.7 Å². The molecule has 9 nitrogen and oxygen atoms in total. The van der Waals surface area contributed by atoms with Gasteiger partial charge in [0.25, 0.3) is 5.69 Å². The van der Waals surface area contributed by atoms with Gasteiger partial charge in [-0.1, -0.05) is 35.9 Å². The van der Waals surface area contributed by atoms with Crippen molar-refractivity contribution in [2.45, 2.75) is 30.9 Å². The van der Waals surface area contributed by atoms with Gasteiger partial charge in [-0.05, 0) is 48.4 Å². The minimum Gasteiger partial charge on any atom is -0.460 e. The first-order chi connectivity index (χ1) is 16.7. The minimum absolute atomic E-state index is 0.0372. The van der Waals surface area contributed by atoms with Gasteiger partial charge in [0.05, 0.1) is 9.82 Å². The van der Waals surface area contributed by atoms with Gasteiger partial charge in [-0.25, -0.2) is 8.42 Å². The number of nitrogens with one attached hydrogen (secondary N) is 2. The van der Waals surface area contributed by atoms with E-state index in [2.05, 4.69) is 9.71 Å². The van der Waals surface area contributed by atoms with Gasteiger partial charge in [0.15, 0.2) is 0 Å². The lowest BCUT2D eigenvalue weighted by Gasteiger charge is -2.18. The summed E-state index contributed by atoms with van der Waals surface area (Å²) >= 11 is 0. The molecule has 0 fully saturated rings. The molecular formula is C25H23N3O6S. The van der Waals surface area contributed by atoms with Crippen LogP contribution >= 0.6 is 0 Å². The second-order valence-corrected chi connectivity index (χ2v) is 9.80. The molecule has 180 valence electrons. The van der Waals surface area contributed by atoms with Crippen LogP contribution in [0.3, 0.4) is 0 Å². The van der Waals surface area contributed by atoms with E-state index in [0.717, 1.165) is 22.0 Å². The number of aromatic nitrogens is 1. The van der Waals surface area contributed by atoms with Crippen molar-refractivity contribution in [2.24, 2.45) is 0 Å². The SMILES string of the molecule is Cc1ccc(S(=O)(=O)NC(Cc2c[nH]c3ccccc23)C(=O)OCc2ccc([N+](=O)[O-])cc2)cc1. The number of sulfonamides is 1. The molecule has 1 heterocycles. The molecule has 0 bridgehead atoms. The number of fused-ring (bicyclic) bond motifs is 1. The molecule has 0 amide bonds. The third-order valence-electron chi connectivity index (χ3n) is 5.54. The van der Waals surface area contributed by atoms with Crippen LogP contribution in [0.4, 0.5) is 5.69 Å². The molecule has 3 aromatic carbocycles. The van der Waals surface area contributed by atoms with Gasteiger partial charge < -0.3 is 9.72 Å². The number of ether oxygens (including phenoxy) is 1. The summed E-state index contributed by atoms with van der Waals surface area (Å²) in [5.74, 6) is -0.760. The highest BCUT2D eigenvalue weighted by Gasteiger charge is 2.28. The molecule has 1 atom stereocenters. The Kier molecular flexibility index (Phi) is 6.94. The number of nitrogens with zero attached hydrogens (tertiary/aromatic N) is 1. The number of nitro benzene ring substituents is 1. The topological polar surface area (TPSA) is 131 Å². The van der Waals surface area contributed by atoms with E-state index in [1.165, 1.54) is 36.4 Å². The number of nitro groups is 1. The van der Waals surface area contributed by atoms with Gasteiger partial charge in [0.1, 0.15) is 12.6 Å². The van der Waals surface area contributed by atoms with Crippen molar-refractivity contribution in [3.05, 3.63) is 106 Å². The van der Waals surface area contributed by atoms with Crippen molar-refractivity contribution in [3.8, 4) is 0 Å². The van der Waals surface area contributed by atoms with E-state index in [0.29, 0.717) is 5.56 Å². The molecule has 0 saturated carbocycles. The molecule has 0 aliphatic rings. The third kappa shape index (κ3) is 5.73. The molecule has 0 aliphatic carbocycles. The number of para-hydroxylation sites is 1. The fourth-order valence-corrected chi connectivity index (χ4v) is 4.82. The summed E-state index contributed by atoms with van der Waals surface area (Å²) in [6.07, 6.45) is 1.80. The Labute approximate surface area is 201 Å². The van der Waals surface area contributed by atoms with Crippen LogP contribution in [0.25, 0.3) is 10.9 Å². The zero-order valence-corrected chi connectivity index (χ0v) is 19.6. The lowest BCUT2D eigenvalue weighted by atomic mass is 10.1. The maximum absolute atomic E-state index is 13.0. The summed E-state index contributed by atoms with van der Waals surface area (Å²) in [4.78, 5) is 26.5. The van der Waals surface area contributed by atoms with Crippen molar-refractivity contribution < 1.29 is 22.9 Å². The fraction of sp³-hybridized carbons (Fsp3) is 0.160. The summed E-state index contributed by atoms with van der Waals surface area (Å²) in [6, 6.07) is 18.2. The van der Waals surface area contributed by atoms with Gasteiger partial charge >= 0.3 is 5.97 Å². The van der Waals surface area contributed by atoms with Crippen LogP contribution in [0.5, 0.6) is 0 Å². The summed E-state index contributed by atoms with van der Waals surface area (Å²) in [5, 5.41) is 11.7. The zero-order valence-electron chi connectivity index (χ0n) is 18.8. The van der Waals surface area contributed by atoms with Gasteiger partial charge in [0.2, 0.25) is 10.0 Å². The van der Waals surface area contributed by atoms with Gasteiger partial charge in [-0.15, -0.1) is 0 Å². The molecule has 4 rings (SSSR count). The molecule has 1 aromatic heterocycles. The summed E-state index contributed by atoms with van der Waals surface area (Å²) in [5.41, 5.74) is 2.98. The zero-order chi connectivity index (χ0) is 25.0. The second-order valence-electron chi connectivity index (χ2n) is 8.08. The van der Waals surface area contributed by atoms with E-state index in [4.69, 9.17) is 4.74 Å². The van der Waals surface area contributed by atoms with Crippen molar-refractivity contribution >= 4 is 32.6 Å².